The van der Waals surface area contributed by atoms with Crippen LogP contribution in [0.2, 0.25) is 0 Å². The van der Waals surface area contributed by atoms with Crippen molar-refractivity contribution in [1.29, 1.82) is 0 Å². The number of benzene rings is 3. The quantitative estimate of drug-likeness (QED) is 0.246. The van der Waals surface area contributed by atoms with Crippen molar-refractivity contribution in [2.75, 3.05) is 0 Å². The zero-order valence-electron chi connectivity index (χ0n) is 22.6. The van der Waals surface area contributed by atoms with Crippen LogP contribution in [0, 0.1) is 27.7 Å². The van der Waals surface area contributed by atoms with Gasteiger partial charge in [-0.05, 0) is 0 Å². The molecular weight excluding hydrogens is 518 g/mol. The van der Waals surface area contributed by atoms with Crippen LogP contribution in [0.4, 0.5) is 0 Å². The maximum atomic E-state index is 6.63. The summed E-state index contributed by atoms with van der Waals surface area (Å²) in [6.45, 7) is 21.9. The summed E-state index contributed by atoms with van der Waals surface area (Å²) in [6.07, 6.45) is 0. The topological polar surface area (TPSA) is 27.7 Å². The van der Waals surface area contributed by atoms with E-state index in [0.29, 0.717) is 0 Å². The van der Waals surface area contributed by atoms with Crippen molar-refractivity contribution >= 4 is 32.5 Å². The van der Waals surface area contributed by atoms with Gasteiger partial charge < -0.3 is 0 Å². The molecular formula is C30H37O3PSe. The van der Waals surface area contributed by atoms with Crippen LogP contribution < -0.4 is 22.5 Å². The molecule has 3 nitrogen and oxygen atoms in total. The standard InChI is InChI=1S/C30H37O3PSe/c1-18-13-20(3)27-25(15-18)35-26-16-19(2)14-21(4)28(26)33-34(32-27)31-24-12-11-22(29(5,6)7)17-23(24)30(8,9)10/h11-17H,1-10H3. The monoisotopic (exact) mass is 556 g/mol. The summed E-state index contributed by atoms with van der Waals surface area (Å²) in [5.41, 5.74) is 7.15. The van der Waals surface area contributed by atoms with Gasteiger partial charge in [0.1, 0.15) is 0 Å². The molecule has 0 N–H and O–H groups in total. The average molecular weight is 556 g/mol. The molecule has 5 heteroatoms. The summed E-state index contributed by atoms with van der Waals surface area (Å²) in [6, 6.07) is 15.4. The first-order chi connectivity index (χ1) is 16.2. The molecule has 3 aromatic rings. The summed E-state index contributed by atoms with van der Waals surface area (Å²) in [5, 5.41) is 0. The predicted octanol–water partition coefficient (Wildman–Crippen LogP) is 7.25. The first kappa shape index (κ1) is 26.1. The Morgan fingerprint density at radius 2 is 1.20 bits per heavy atom. The predicted molar refractivity (Wildman–Crippen MR) is 149 cm³/mol. The molecule has 0 fully saturated rings. The molecule has 0 atom stereocenters. The molecule has 1 aliphatic heterocycles. The van der Waals surface area contributed by atoms with Crippen molar-refractivity contribution in [2.45, 2.75) is 80.1 Å². The van der Waals surface area contributed by atoms with E-state index in [1.807, 2.05) is 0 Å². The molecule has 4 rings (SSSR count). The van der Waals surface area contributed by atoms with E-state index in [4.69, 9.17) is 13.6 Å². The zero-order chi connectivity index (χ0) is 25.7. The van der Waals surface area contributed by atoms with Gasteiger partial charge in [0.2, 0.25) is 0 Å². The van der Waals surface area contributed by atoms with Gasteiger partial charge in [-0.25, -0.2) is 0 Å². The van der Waals surface area contributed by atoms with Crippen LogP contribution >= 0.6 is 8.60 Å². The van der Waals surface area contributed by atoms with Crippen LogP contribution in [-0.2, 0) is 10.8 Å². The van der Waals surface area contributed by atoms with Gasteiger partial charge in [-0.3, -0.25) is 0 Å². The number of aryl methyl sites for hydroxylation is 4. The van der Waals surface area contributed by atoms with Crippen LogP contribution in [0.15, 0.2) is 42.5 Å². The second kappa shape index (κ2) is 9.47. The average Bonchev–Trinajstić information content (AvgIpc) is 2.70. The van der Waals surface area contributed by atoms with Crippen molar-refractivity contribution in [3.8, 4) is 17.2 Å². The van der Waals surface area contributed by atoms with Crippen LogP contribution in [0.25, 0.3) is 0 Å². The van der Waals surface area contributed by atoms with E-state index >= 15 is 0 Å². The third-order valence-electron chi connectivity index (χ3n) is 6.15. The van der Waals surface area contributed by atoms with E-state index in [2.05, 4.69) is 112 Å². The van der Waals surface area contributed by atoms with E-state index in [9.17, 15) is 0 Å². The van der Waals surface area contributed by atoms with Gasteiger partial charge in [-0.15, -0.1) is 0 Å². The van der Waals surface area contributed by atoms with Crippen molar-refractivity contribution in [3.63, 3.8) is 0 Å². The van der Waals surface area contributed by atoms with Gasteiger partial charge >= 0.3 is 219 Å². The van der Waals surface area contributed by atoms with Crippen molar-refractivity contribution < 1.29 is 13.6 Å². The molecule has 1 heterocycles. The van der Waals surface area contributed by atoms with E-state index in [1.165, 1.54) is 25.6 Å². The van der Waals surface area contributed by atoms with Crippen molar-refractivity contribution in [1.82, 2.24) is 0 Å². The first-order valence-corrected chi connectivity index (χ1v) is 14.9. The Morgan fingerprint density at radius 3 is 1.66 bits per heavy atom. The van der Waals surface area contributed by atoms with Crippen LogP contribution in [-0.4, -0.2) is 15.0 Å². The van der Waals surface area contributed by atoms with E-state index in [-0.39, 0.29) is 25.8 Å². The Morgan fingerprint density at radius 1 is 0.686 bits per heavy atom. The SMILES string of the molecule is Cc1cc(C)c2c(c1)[Se]c1cc(C)cc(C)c1OP(Oc1ccc(C(C)(C)C)cc1C(C)(C)C)O2. The molecule has 1 aliphatic rings. The van der Waals surface area contributed by atoms with Gasteiger partial charge in [-0.1, -0.05) is 0 Å². The van der Waals surface area contributed by atoms with Gasteiger partial charge in [0.15, 0.2) is 0 Å². The fourth-order valence-corrected chi connectivity index (χ4v) is 8.54. The van der Waals surface area contributed by atoms with E-state index < -0.39 is 8.60 Å². The molecule has 0 bridgehead atoms. The van der Waals surface area contributed by atoms with Crippen LogP contribution in [0.1, 0.15) is 74.9 Å². The molecule has 0 amide bonds. The first-order valence-electron chi connectivity index (χ1n) is 12.1. The zero-order valence-corrected chi connectivity index (χ0v) is 25.2. The Hall–Kier alpha value is -1.99. The molecule has 0 unspecified atom stereocenters. The molecule has 0 aromatic heterocycles. The molecule has 186 valence electrons. The van der Waals surface area contributed by atoms with Crippen molar-refractivity contribution in [3.05, 3.63) is 75.8 Å². The Labute approximate surface area is 218 Å². The summed E-state index contributed by atoms with van der Waals surface area (Å²) in [4.78, 5) is 0. The van der Waals surface area contributed by atoms with E-state index in [1.54, 1.807) is 0 Å². The van der Waals surface area contributed by atoms with Crippen LogP contribution in [0.3, 0.4) is 0 Å². The summed E-state index contributed by atoms with van der Waals surface area (Å²) in [5.74, 6) is 2.62. The van der Waals surface area contributed by atoms with Gasteiger partial charge in [0, 0.05) is 0 Å². The maximum absolute atomic E-state index is 6.63. The van der Waals surface area contributed by atoms with Gasteiger partial charge in [0.25, 0.3) is 0 Å². The number of fused-ring (bicyclic) bond motifs is 2. The molecule has 0 saturated heterocycles. The molecule has 0 radical (unpaired) electrons. The van der Waals surface area contributed by atoms with Crippen LogP contribution in [0.5, 0.6) is 17.2 Å². The minimum absolute atomic E-state index is 0.0566. The summed E-state index contributed by atoms with van der Waals surface area (Å²) in [7, 11) is -1.71. The second-order valence-corrected chi connectivity index (χ2v) is 14.9. The Balaban J connectivity index is 1.83. The Bertz CT molecular complexity index is 1210. The third-order valence-corrected chi connectivity index (χ3v) is 9.35. The fraction of sp³-hybridized carbons (Fsp3) is 0.400. The molecule has 3 aromatic carbocycles. The van der Waals surface area contributed by atoms with Gasteiger partial charge in [-0.2, -0.15) is 0 Å². The Kier molecular flexibility index (Phi) is 7.06. The number of rotatable bonds is 2. The normalized spacial score (nSPS) is 14.2. The number of hydrogen-bond acceptors (Lipinski definition) is 3. The summed E-state index contributed by atoms with van der Waals surface area (Å²) < 4.78 is 22.2. The molecule has 0 spiro atoms. The number of hydrogen-bond donors (Lipinski definition) is 0. The van der Waals surface area contributed by atoms with Crippen molar-refractivity contribution in [2.24, 2.45) is 0 Å². The molecule has 35 heavy (non-hydrogen) atoms. The third kappa shape index (κ3) is 5.72. The van der Waals surface area contributed by atoms with Gasteiger partial charge in [0.05, 0.1) is 0 Å². The molecule has 0 saturated carbocycles. The molecule has 0 aliphatic carbocycles. The minimum atomic E-state index is -1.71. The second-order valence-electron chi connectivity index (χ2n) is 11.6. The summed E-state index contributed by atoms with van der Waals surface area (Å²) >= 11 is 0.0740. The fourth-order valence-electron chi connectivity index (χ4n) is 4.28. The van der Waals surface area contributed by atoms with E-state index in [0.717, 1.165) is 33.9 Å².